The van der Waals surface area contributed by atoms with E-state index in [1.54, 1.807) is 19.2 Å². The molecular formula is C14H18NO2Y-. The summed E-state index contributed by atoms with van der Waals surface area (Å²) in [6.07, 6.45) is 1.07. The zero-order valence-corrected chi connectivity index (χ0v) is 14.0. The van der Waals surface area contributed by atoms with Gasteiger partial charge in [0, 0.05) is 52.1 Å². The van der Waals surface area contributed by atoms with Crippen molar-refractivity contribution in [3.8, 4) is 0 Å². The van der Waals surface area contributed by atoms with Crippen LogP contribution < -0.4 is 0 Å². The molecule has 0 bridgehead atoms. The van der Waals surface area contributed by atoms with E-state index in [9.17, 15) is 9.59 Å². The van der Waals surface area contributed by atoms with E-state index in [1.807, 2.05) is 26.0 Å². The van der Waals surface area contributed by atoms with Crippen molar-refractivity contribution >= 4 is 11.8 Å². The molecule has 1 aliphatic rings. The molecule has 2 rings (SSSR count). The Bertz CT molecular complexity index is 392. The van der Waals surface area contributed by atoms with Gasteiger partial charge in [-0.2, -0.15) is 30.3 Å². The topological polar surface area (TPSA) is 37.4 Å². The molecule has 0 aromatic heterocycles. The minimum Gasteiger partial charge on any atom is -0.285 e. The van der Waals surface area contributed by atoms with E-state index in [2.05, 4.69) is 6.07 Å². The van der Waals surface area contributed by atoms with Crippen LogP contribution in [0.2, 0.25) is 0 Å². The number of amides is 2. The first kappa shape index (κ1) is 17.5. The second-order valence-corrected chi connectivity index (χ2v) is 3.72. The largest absolute Gasteiger partial charge is 0.285 e. The van der Waals surface area contributed by atoms with Crippen molar-refractivity contribution in [3.05, 3.63) is 35.9 Å². The molecule has 1 atom stereocenters. The van der Waals surface area contributed by atoms with Crippen LogP contribution in [0.3, 0.4) is 0 Å². The summed E-state index contributed by atoms with van der Waals surface area (Å²) < 4.78 is 0. The maximum atomic E-state index is 11.8. The predicted octanol–water partition coefficient (Wildman–Crippen LogP) is 2.37. The number of carbonyl (C=O) groups is 2. The summed E-state index contributed by atoms with van der Waals surface area (Å²) >= 11 is 0. The maximum absolute atomic E-state index is 11.8. The Morgan fingerprint density at radius 3 is 2.33 bits per heavy atom. The summed E-state index contributed by atoms with van der Waals surface area (Å²) in [6, 6.07) is 10.3. The van der Waals surface area contributed by atoms with Crippen LogP contribution in [-0.2, 0) is 42.3 Å². The molecule has 2 amide bonds. The Kier molecular flexibility index (Phi) is 8.29. The number of hydrogen-bond acceptors (Lipinski definition) is 2. The average Bonchev–Trinajstić information content (AvgIpc) is 2.40. The Morgan fingerprint density at radius 1 is 1.22 bits per heavy atom. The number of likely N-dealkylation sites (N-methyl/N-ethyl adjacent to an activating group) is 1. The minimum atomic E-state index is -0.165. The van der Waals surface area contributed by atoms with Crippen LogP contribution in [0, 0.1) is 6.07 Å². The van der Waals surface area contributed by atoms with Crippen LogP contribution in [0.4, 0.5) is 0 Å². The van der Waals surface area contributed by atoms with Crippen molar-refractivity contribution in [2.45, 2.75) is 32.6 Å². The van der Waals surface area contributed by atoms with Gasteiger partial charge < -0.3 is 0 Å². The summed E-state index contributed by atoms with van der Waals surface area (Å²) in [4.78, 5) is 24.3. The van der Waals surface area contributed by atoms with Gasteiger partial charge in [-0.05, 0) is 6.42 Å². The van der Waals surface area contributed by atoms with E-state index < -0.39 is 0 Å². The van der Waals surface area contributed by atoms with Crippen molar-refractivity contribution in [1.29, 1.82) is 0 Å². The standard InChI is InChI=1S/C12H12NO2.C2H6.Y/c1-13-11(14)8-7-10(12(13)15)9-5-3-2-4-6-9;1-2;/h3-6,10H,7-8H2,1H3;1-2H3;/q-1;;. The molecule has 0 aliphatic carbocycles. The first-order valence-corrected chi connectivity index (χ1v) is 5.96. The zero-order valence-electron chi connectivity index (χ0n) is 11.1. The molecule has 1 aromatic rings. The molecule has 1 heterocycles. The number of hydrogen-bond donors (Lipinski definition) is 0. The molecule has 1 fully saturated rings. The summed E-state index contributed by atoms with van der Waals surface area (Å²) in [5.74, 6) is -0.349. The molecule has 0 N–H and O–H groups in total. The number of benzene rings is 1. The minimum absolute atomic E-state index is 0. The molecule has 1 aliphatic heterocycles. The molecule has 1 saturated heterocycles. The summed E-state index contributed by atoms with van der Waals surface area (Å²) in [5, 5.41) is 0. The number of carbonyl (C=O) groups excluding carboxylic acids is 2. The summed E-state index contributed by atoms with van der Waals surface area (Å²) in [6.45, 7) is 4.00. The van der Waals surface area contributed by atoms with Crippen molar-refractivity contribution in [2.75, 3.05) is 7.05 Å². The third-order valence-electron chi connectivity index (χ3n) is 2.80. The summed E-state index contributed by atoms with van der Waals surface area (Å²) in [5.41, 5.74) is 0.970. The molecule has 4 heteroatoms. The van der Waals surface area contributed by atoms with Crippen molar-refractivity contribution < 1.29 is 42.3 Å². The van der Waals surface area contributed by atoms with Gasteiger partial charge in [0.1, 0.15) is 0 Å². The van der Waals surface area contributed by atoms with Gasteiger partial charge in [-0.1, -0.05) is 13.8 Å². The van der Waals surface area contributed by atoms with Crippen LogP contribution in [0.25, 0.3) is 0 Å². The van der Waals surface area contributed by atoms with E-state index in [-0.39, 0.29) is 50.4 Å². The van der Waals surface area contributed by atoms with Gasteiger partial charge in [0.15, 0.2) is 0 Å². The zero-order chi connectivity index (χ0) is 12.8. The van der Waals surface area contributed by atoms with Crippen molar-refractivity contribution in [3.63, 3.8) is 0 Å². The second kappa shape index (κ2) is 8.55. The van der Waals surface area contributed by atoms with Gasteiger partial charge >= 0.3 is 0 Å². The van der Waals surface area contributed by atoms with Crippen LogP contribution in [-0.4, -0.2) is 23.8 Å². The Hall–Kier alpha value is -0.536. The van der Waals surface area contributed by atoms with E-state index >= 15 is 0 Å². The fourth-order valence-corrected chi connectivity index (χ4v) is 1.86. The number of likely N-dealkylation sites (tertiary alicyclic amines) is 1. The molecule has 95 valence electrons. The molecule has 1 aromatic carbocycles. The summed E-state index contributed by atoms with van der Waals surface area (Å²) in [7, 11) is 1.55. The fraction of sp³-hybridized carbons (Fsp3) is 0.429. The number of rotatable bonds is 1. The van der Waals surface area contributed by atoms with Gasteiger partial charge in [-0.15, -0.1) is 5.56 Å². The SMILES string of the molecule is CC.CN1C(=O)CCC(c2cc[c-]cc2)C1=O.[Y]. The maximum Gasteiger partial charge on any atom is 0.234 e. The third-order valence-corrected chi connectivity index (χ3v) is 2.80. The molecular weight excluding hydrogens is 303 g/mol. The van der Waals surface area contributed by atoms with Crippen LogP contribution in [0.5, 0.6) is 0 Å². The normalized spacial score (nSPS) is 18.6. The monoisotopic (exact) mass is 321 g/mol. The van der Waals surface area contributed by atoms with Gasteiger partial charge in [-0.3, -0.25) is 14.5 Å². The number of imide groups is 1. The van der Waals surface area contributed by atoms with E-state index in [1.165, 1.54) is 4.90 Å². The Morgan fingerprint density at radius 2 is 1.78 bits per heavy atom. The van der Waals surface area contributed by atoms with Gasteiger partial charge in [0.2, 0.25) is 11.8 Å². The van der Waals surface area contributed by atoms with Crippen LogP contribution >= 0.6 is 0 Å². The smallest absolute Gasteiger partial charge is 0.234 e. The van der Waals surface area contributed by atoms with Crippen LogP contribution in [0.15, 0.2) is 24.3 Å². The molecule has 1 unspecified atom stereocenters. The Balaban J connectivity index is 0.000000917. The fourth-order valence-electron chi connectivity index (χ4n) is 1.86. The van der Waals surface area contributed by atoms with Crippen molar-refractivity contribution in [1.82, 2.24) is 4.90 Å². The van der Waals surface area contributed by atoms with Crippen molar-refractivity contribution in [2.24, 2.45) is 0 Å². The molecule has 1 radical (unpaired) electrons. The first-order valence-electron chi connectivity index (χ1n) is 5.96. The molecule has 0 spiro atoms. The average molecular weight is 321 g/mol. The quantitative estimate of drug-likeness (QED) is 0.588. The molecule has 18 heavy (non-hydrogen) atoms. The number of piperidine rings is 1. The number of nitrogens with zero attached hydrogens (tertiary/aromatic N) is 1. The van der Waals surface area contributed by atoms with Gasteiger partial charge in [-0.25, -0.2) is 0 Å². The predicted molar refractivity (Wildman–Crippen MR) is 66.4 cm³/mol. The van der Waals surface area contributed by atoms with E-state index in [4.69, 9.17) is 0 Å². The second-order valence-electron chi connectivity index (χ2n) is 3.72. The Labute approximate surface area is 134 Å². The van der Waals surface area contributed by atoms with Gasteiger partial charge in [0.05, 0.1) is 0 Å². The first-order chi connectivity index (χ1) is 8.20. The molecule has 0 saturated carbocycles. The third kappa shape index (κ3) is 3.99. The van der Waals surface area contributed by atoms with Gasteiger partial charge in [0.25, 0.3) is 0 Å². The van der Waals surface area contributed by atoms with E-state index in [0.717, 1.165) is 5.56 Å². The molecule has 3 nitrogen and oxygen atoms in total. The van der Waals surface area contributed by atoms with Crippen LogP contribution in [0.1, 0.15) is 38.2 Å². The van der Waals surface area contributed by atoms with E-state index in [0.29, 0.717) is 12.8 Å².